The van der Waals surface area contributed by atoms with Gasteiger partial charge in [0.2, 0.25) is 0 Å². The van der Waals surface area contributed by atoms with Gasteiger partial charge < -0.3 is 9.15 Å². The molecule has 0 saturated heterocycles. The first-order valence-electron chi connectivity index (χ1n) is 9.47. The van der Waals surface area contributed by atoms with Gasteiger partial charge in [-0.2, -0.15) is 0 Å². The molecule has 1 heterocycles. The van der Waals surface area contributed by atoms with E-state index in [1.807, 2.05) is 30.3 Å². The zero-order valence-electron chi connectivity index (χ0n) is 16.0. The summed E-state index contributed by atoms with van der Waals surface area (Å²) >= 11 is 0. The summed E-state index contributed by atoms with van der Waals surface area (Å²) in [5.41, 5.74) is 1.19. The van der Waals surface area contributed by atoms with E-state index in [4.69, 9.17) is 9.15 Å². The van der Waals surface area contributed by atoms with E-state index in [-0.39, 0.29) is 31.0 Å². The summed E-state index contributed by atoms with van der Waals surface area (Å²) in [5, 5.41) is 1.99. The highest BCUT2D eigenvalue weighted by Crippen LogP contribution is 2.21. The Hall–Kier alpha value is -3.80. The molecule has 6 heteroatoms. The Labute approximate surface area is 172 Å². The minimum atomic E-state index is -0.509. The fourth-order valence-corrected chi connectivity index (χ4v) is 3.05. The molecular weight excluding hydrogens is 385 g/mol. The Morgan fingerprint density at radius 3 is 2.53 bits per heavy atom. The molecule has 0 unspecified atom stereocenters. The van der Waals surface area contributed by atoms with E-state index in [1.54, 1.807) is 24.3 Å². The van der Waals surface area contributed by atoms with Gasteiger partial charge in [-0.15, -0.1) is 0 Å². The SMILES string of the molecule is O=C(CCc1ncc(-c2ccc(F)cc2)o1)OCC(=O)c1ccc2ccccc2c1. The third kappa shape index (κ3) is 4.60. The van der Waals surface area contributed by atoms with Crippen LogP contribution in [-0.2, 0) is 16.0 Å². The molecule has 30 heavy (non-hydrogen) atoms. The summed E-state index contributed by atoms with van der Waals surface area (Å²) in [5.74, 6) is -0.244. The first-order valence-corrected chi connectivity index (χ1v) is 9.47. The molecule has 150 valence electrons. The molecule has 5 nitrogen and oxygen atoms in total. The Morgan fingerprint density at radius 1 is 0.967 bits per heavy atom. The topological polar surface area (TPSA) is 69.4 Å². The molecule has 4 rings (SSSR count). The number of Topliss-reactive ketones (excluding diaryl/α,β-unsaturated/α-hetero) is 1. The molecule has 1 aromatic heterocycles. The number of hydrogen-bond donors (Lipinski definition) is 0. The molecule has 0 bridgehead atoms. The number of oxazole rings is 1. The highest BCUT2D eigenvalue weighted by molar-refractivity contribution is 6.01. The fourth-order valence-electron chi connectivity index (χ4n) is 3.05. The van der Waals surface area contributed by atoms with E-state index in [0.717, 1.165) is 10.8 Å². The van der Waals surface area contributed by atoms with Gasteiger partial charge in [-0.25, -0.2) is 9.37 Å². The molecule has 0 atom stereocenters. The number of carbonyl (C=O) groups is 2. The molecule has 0 aliphatic heterocycles. The minimum absolute atomic E-state index is 0.0361. The third-order valence-electron chi connectivity index (χ3n) is 4.66. The number of hydrogen-bond acceptors (Lipinski definition) is 5. The average molecular weight is 403 g/mol. The predicted molar refractivity (Wildman–Crippen MR) is 109 cm³/mol. The van der Waals surface area contributed by atoms with Crippen LogP contribution in [0.1, 0.15) is 22.7 Å². The number of ether oxygens (including phenoxy) is 1. The maximum Gasteiger partial charge on any atom is 0.306 e. The van der Waals surface area contributed by atoms with Crippen LogP contribution in [0.15, 0.2) is 77.3 Å². The van der Waals surface area contributed by atoms with Crippen molar-refractivity contribution in [1.29, 1.82) is 0 Å². The molecular formula is C24H18FNO4. The maximum atomic E-state index is 13.0. The van der Waals surface area contributed by atoms with E-state index in [0.29, 0.717) is 22.8 Å². The molecule has 0 spiro atoms. The van der Waals surface area contributed by atoms with Crippen molar-refractivity contribution in [2.24, 2.45) is 0 Å². The van der Waals surface area contributed by atoms with Crippen LogP contribution in [0.2, 0.25) is 0 Å². The largest absolute Gasteiger partial charge is 0.457 e. The van der Waals surface area contributed by atoms with Gasteiger partial charge in [0, 0.05) is 17.5 Å². The minimum Gasteiger partial charge on any atom is -0.457 e. The molecule has 0 aliphatic carbocycles. The molecule has 0 fully saturated rings. The van der Waals surface area contributed by atoms with Gasteiger partial charge in [-0.1, -0.05) is 36.4 Å². The number of benzene rings is 3. The number of esters is 1. The Balaban J connectivity index is 1.28. The van der Waals surface area contributed by atoms with Crippen molar-refractivity contribution in [2.75, 3.05) is 6.61 Å². The highest BCUT2D eigenvalue weighted by Gasteiger charge is 2.13. The first kappa shape index (κ1) is 19.5. The quantitative estimate of drug-likeness (QED) is 0.321. The Morgan fingerprint density at radius 2 is 1.73 bits per heavy atom. The van der Waals surface area contributed by atoms with Crippen molar-refractivity contribution in [3.63, 3.8) is 0 Å². The number of fused-ring (bicyclic) bond motifs is 1. The standard InChI is InChI=1S/C24H18FNO4/c25-20-9-7-17(8-10-20)22-14-26-23(30-22)11-12-24(28)29-15-21(27)19-6-5-16-3-1-2-4-18(16)13-19/h1-10,13-14H,11-12,15H2. The van der Waals surface area contributed by atoms with E-state index in [1.165, 1.54) is 18.3 Å². The van der Waals surface area contributed by atoms with Gasteiger partial charge in [0.25, 0.3) is 0 Å². The monoisotopic (exact) mass is 403 g/mol. The van der Waals surface area contributed by atoms with Crippen LogP contribution >= 0.6 is 0 Å². The molecule has 0 saturated carbocycles. The van der Waals surface area contributed by atoms with Gasteiger partial charge in [-0.05, 0) is 41.1 Å². The summed E-state index contributed by atoms with van der Waals surface area (Å²) in [6, 6.07) is 19.0. The van der Waals surface area contributed by atoms with Crippen molar-refractivity contribution in [3.05, 3.63) is 90.2 Å². The van der Waals surface area contributed by atoms with Crippen LogP contribution in [-0.4, -0.2) is 23.3 Å². The second-order valence-electron chi connectivity index (χ2n) is 6.77. The van der Waals surface area contributed by atoms with Crippen LogP contribution in [0.4, 0.5) is 4.39 Å². The second-order valence-corrected chi connectivity index (χ2v) is 6.77. The van der Waals surface area contributed by atoms with E-state index in [9.17, 15) is 14.0 Å². The average Bonchev–Trinajstić information content (AvgIpc) is 3.25. The van der Waals surface area contributed by atoms with Gasteiger partial charge in [0.15, 0.2) is 24.0 Å². The van der Waals surface area contributed by atoms with Crippen molar-refractivity contribution in [3.8, 4) is 11.3 Å². The lowest BCUT2D eigenvalue weighted by molar-refractivity contribution is -0.142. The zero-order valence-corrected chi connectivity index (χ0v) is 16.0. The van der Waals surface area contributed by atoms with Gasteiger partial charge in [-0.3, -0.25) is 9.59 Å². The summed E-state index contributed by atoms with van der Waals surface area (Å²) in [7, 11) is 0. The van der Waals surface area contributed by atoms with Crippen molar-refractivity contribution in [2.45, 2.75) is 12.8 Å². The summed E-state index contributed by atoms with van der Waals surface area (Å²) in [6.45, 7) is -0.316. The van der Waals surface area contributed by atoms with E-state index < -0.39 is 5.97 Å². The first-order chi connectivity index (χ1) is 14.6. The van der Waals surface area contributed by atoms with Crippen LogP contribution in [0.5, 0.6) is 0 Å². The highest BCUT2D eigenvalue weighted by atomic mass is 19.1. The second kappa shape index (κ2) is 8.69. The molecule has 0 N–H and O–H groups in total. The van der Waals surface area contributed by atoms with Crippen molar-refractivity contribution in [1.82, 2.24) is 4.98 Å². The Kier molecular flexibility index (Phi) is 5.66. The third-order valence-corrected chi connectivity index (χ3v) is 4.66. The molecule has 3 aromatic carbocycles. The van der Waals surface area contributed by atoms with Gasteiger partial charge in [0.05, 0.1) is 12.6 Å². The summed E-state index contributed by atoms with van der Waals surface area (Å²) in [6.07, 6.45) is 1.80. The number of ketones is 1. The summed E-state index contributed by atoms with van der Waals surface area (Å²) in [4.78, 5) is 28.4. The number of aromatic nitrogens is 1. The summed E-state index contributed by atoms with van der Waals surface area (Å²) < 4.78 is 23.7. The number of nitrogens with zero attached hydrogens (tertiary/aromatic N) is 1. The van der Waals surface area contributed by atoms with E-state index >= 15 is 0 Å². The number of rotatable bonds is 7. The van der Waals surface area contributed by atoms with Crippen LogP contribution in [0.3, 0.4) is 0 Å². The lowest BCUT2D eigenvalue weighted by Crippen LogP contribution is -2.14. The van der Waals surface area contributed by atoms with Crippen LogP contribution < -0.4 is 0 Å². The van der Waals surface area contributed by atoms with Crippen LogP contribution in [0.25, 0.3) is 22.1 Å². The van der Waals surface area contributed by atoms with E-state index in [2.05, 4.69) is 4.98 Å². The number of aryl methyl sites for hydroxylation is 1. The van der Waals surface area contributed by atoms with Crippen molar-refractivity contribution >= 4 is 22.5 Å². The smallest absolute Gasteiger partial charge is 0.306 e. The molecule has 0 amide bonds. The predicted octanol–water partition coefficient (Wildman–Crippen LogP) is 4.99. The normalized spacial score (nSPS) is 10.8. The molecule has 0 aliphatic rings. The number of carbonyl (C=O) groups excluding carboxylic acids is 2. The maximum absolute atomic E-state index is 13.0. The lowest BCUT2D eigenvalue weighted by atomic mass is 10.0. The lowest BCUT2D eigenvalue weighted by Gasteiger charge is -2.05. The fraction of sp³-hybridized carbons (Fsp3) is 0.125. The molecule has 0 radical (unpaired) electrons. The van der Waals surface area contributed by atoms with Crippen LogP contribution in [0, 0.1) is 5.82 Å². The number of halogens is 1. The Bertz CT molecular complexity index is 1200. The molecule has 4 aromatic rings. The zero-order chi connectivity index (χ0) is 20.9. The van der Waals surface area contributed by atoms with Gasteiger partial charge >= 0.3 is 5.97 Å². The van der Waals surface area contributed by atoms with Crippen molar-refractivity contribution < 1.29 is 23.1 Å². The van der Waals surface area contributed by atoms with Gasteiger partial charge in [0.1, 0.15) is 5.82 Å².